The van der Waals surface area contributed by atoms with E-state index in [0.29, 0.717) is 6.54 Å². The molecule has 0 spiro atoms. The lowest BCUT2D eigenvalue weighted by Gasteiger charge is -2.14. The van der Waals surface area contributed by atoms with Gasteiger partial charge in [0.05, 0.1) is 10.9 Å². The van der Waals surface area contributed by atoms with Crippen LogP contribution in [0, 0.1) is 0 Å². The van der Waals surface area contributed by atoms with Gasteiger partial charge >= 0.3 is 0 Å². The summed E-state index contributed by atoms with van der Waals surface area (Å²) in [5.74, 6) is -0.299. The van der Waals surface area contributed by atoms with E-state index in [1.54, 1.807) is 19.1 Å². The molecule has 130 valence electrons. The Hall–Kier alpha value is -1.40. The van der Waals surface area contributed by atoms with E-state index in [9.17, 15) is 13.2 Å². The number of sulfonamides is 1. The smallest absolute Gasteiger partial charge is 0.241 e. The van der Waals surface area contributed by atoms with Gasteiger partial charge in [0.15, 0.2) is 0 Å². The molecule has 23 heavy (non-hydrogen) atoms. The molecule has 6 heteroatoms. The second-order valence-electron chi connectivity index (χ2n) is 5.74. The SMILES string of the molecule is CCCCCNC(=O)C(C)NS(=O)(=O)c1ccc(CCC)cc1. The lowest BCUT2D eigenvalue weighted by molar-refractivity contribution is -0.122. The van der Waals surface area contributed by atoms with Gasteiger partial charge in [-0.3, -0.25) is 4.79 Å². The first-order valence-electron chi connectivity index (χ1n) is 8.29. The van der Waals surface area contributed by atoms with Crippen molar-refractivity contribution in [3.8, 4) is 0 Å². The number of hydrogen-bond acceptors (Lipinski definition) is 3. The molecule has 0 radical (unpaired) electrons. The van der Waals surface area contributed by atoms with Crippen molar-refractivity contribution in [1.82, 2.24) is 10.0 Å². The standard InChI is InChI=1S/C17H28N2O3S/c1-4-6-7-13-18-17(20)14(3)19-23(21,22)16-11-9-15(8-5-2)10-12-16/h9-12,14,19H,4-8,13H2,1-3H3,(H,18,20). The van der Waals surface area contributed by atoms with E-state index in [1.165, 1.54) is 0 Å². The van der Waals surface area contributed by atoms with Crippen LogP contribution in [0.3, 0.4) is 0 Å². The summed E-state index contributed by atoms with van der Waals surface area (Å²) < 4.78 is 27.0. The number of nitrogens with one attached hydrogen (secondary N) is 2. The number of unbranched alkanes of at least 4 members (excludes halogenated alkanes) is 2. The predicted molar refractivity (Wildman–Crippen MR) is 92.8 cm³/mol. The van der Waals surface area contributed by atoms with E-state index < -0.39 is 16.1 Å². The van der Waals surface area contributed by atoms with Crippen molar-refractivity contribution in [3.05, 3.63) is 29.8 Å². The highest BCUT2D eigenvalue weighted by Gasteiger charge is 2.21. The zero-order valence-corrected chi connectivity index (χ0v) is 15.1. The van der Waals surface area contributed by atoms with Crippen molar-refractivity contribution < 1.29 is 13.2 Å². The van der Waals surface area contributed by atoms with Gasteiger partial charge in [-0.15, -0.1) is 0 Å². The second-order valence-corrected chi connectivity index (χ2v) is 7.45. The van der Waals surface area contributed by atoms with Crippen LogP contribution in [0.25, 0.3) is 0 Å². The van der Waals surface area contributed by atoms with Gasteiger partial charge in [0.2, 0.25) is 15.9 Å². The van der Waals surface area contributed by atoms with Crippen LogP contribution in [0.15, 0.2) is 29.2 Å². The Morgan fingerprint density at radius 3 is 2.30 bits per heavy atom. The fraction of sp³-hybridized carbons (Fsp3) is 0.588. The van der Waals surface area contributed by atoms with Crippen LogP contribution in [0.2, 0.25) is 0 Å². The molecule has 1 aromatic rings. The molecule has 2 N–H and O–H groups in total. The van der Waals surface area contributed by atoms with E-state index in [0.717, 1.165) is 37.7 Å². The highest BCUT2D eigenvalue weighted by molar-refractivity contribution is 7.89. The molecular formula is C17H28N2O3S. The first kappa shape index (κ1) is 19.6. The van der Waals surface area contributed by atoms with E-state index in [4.69, 9.17) is 0 Å². The summed E-state index contributed by atoms with van der Waals surface area (Å²) >= 11 is 0. The Kier molecular flexibility index (Phi) is 8.26. The molecule has 1 aromatic carbocycles. The maximum absolute atomic E-state index is 12.3. The number of carbonyl (C=O) groups excluding carboxylic acids is 1. The van der Waals surface area contributed by atoms with Crippen molar-refractivity contribution in [2.24, 2.45) is 0 Å². The molecule has 0 heterocycles. The summed E-state index contributed by atoms with van der Waals surface area (Å²) in [5.41, 5.74) is 1.10. The van der Waals surface area contributed by atoms with Crippen molar-refractivity contribution in [2.45, 2.75) is 63.8 Å². The molecule has 1 unspecified atom stereocenters. The largest absolute Gasteiger partial charge is 0.355 e. The topological polar surface area (TPSA) is 75.3 Å². The van der Waals surface area contributed by atoms with Gasteiger partial charge < -0.3 is 5.32 Å². The summed E-state index contributed by atoms with van der Waals surface area (Å²) in [4.78, 5) is 12.1. The third-order valence-corrected chi connectivity index (χ3v) is 5.13. The molecule has 1 amide bonds. The Labute approximate surface area is 139 Å². The number of hydrogen-bond donors (Lipinski definition) is 2. The minimum atomic E-state index is -3.68. The van der Waals surface area contributed by atoms with Gasteiger partial charge in [-0.2, -0.15) is 4.72 Å². The molecule has 0 bridgehead atoms. The third-order valence-electron chi connectivity index (χ3n) is 3.58. The highest BCUT2D eigenvalue weighted by Crippen LogP contribution is 2.12. The van der Waals surface area contributed by atoms with Crippen LogP contribution in [0.5, 0.6) is 0 Å². The number of amides is 1. The van der Waals surface area contributed by atoms with Crippen molar-refractivity contribution in [3.63, 3.8) is 0 Å². The van der Waals surface area contributed by atoms with Crippen LogP contribution >= 0.6 is 0 Å². The van der Waals surface area contributed by atoms with Crippen LogP contribution < -0.4 is 10.0 Å². The Bertz CT molecular complexity index is 582. The van der Waals surface area contributed by atoms with Crippen molar-refractivity contribution in [1.29, 1.82) is 0 Å². The van der Waals surface area contributed by atoms with Gasteiger partial charge in [0, 0.05) is 6.54 Å². The van der Waals surface area contributed by atoms with E-state index in [1.807, 2.05) is 12.1 Å². The number of benzene rings is 1. The molecule has 0 aliphatic carbocycles. The average molecular weight is 340 g/mol. The maximum atomic E-state index is 12.3. The molecule has 1 atom stereocenters. The molecule has 0 aliphatic rings. The third kappa shape index (κ3) is 6.71. The van der Waals surface area contributed by atoms with Crippen LogP contribution in [-0.4, -0.2) is 26.9 Å². The Morgan fingerprint density at radius 2 is 1.74 bits per heavy atom. The fourth-order valence-corrected chi connectivity index (χ4v) is 3.42. The number of aryl methyl sites for hydroxylation is 1. The molecule has 0 fully saturated rings. The lowest BCUT2D eigenvalue weighted by atomic mass is 10.1. The second kappa shape index (κ2) is 9.67. The molecule has 1 rings (SSSR count). The predicted octanol–water partition coefficient (Wildman–Crippen LogP) is 2.61. The number of carbonyl (C=O) groups is 1. The number of rotatable bonds is 10. The van der Waals surface area contributed by atoms with E-state index in [-0.39, 0.29) is 10.8 Å². The van der Waals surface area contributed by atoms with Crippen LogP contribution in [0.1, 0.15) is 52.0 Å². The van der Waals surface area contributed by atoms with Crippen molar-refractivity contribution in [2.75, 3.05) is 6.54 Å². The normalized spacial score (nSPS) is 12.8. The first-order chi connectivity index (χ1) is 10.9. The fourth-order valence-electron chi connectivity index (χ4n) is 2.22. The zero-order chi connectivity index (χ0) is 17.3. The van der Waals surface area contributed by atoms with Gasteiger partial charge in [-0.25, -0.2) is 8.42 Å². The van der Waals surface area contributed by atoms with Crippen LogP contribution in [-0.2, 0) is 21.2 Å². The van der Waals surface area contributed by atoms with Gasteiger partial charge in [-0.1, -0.05) is 45.2 Å². The Morgan fingerprint density at radius 1 is 1.09 bits per heavy atom. The molecule has 0 aliphatic heterocycles. The van der Waals surface area contributed by atoms with E-state index >= 15 is 0 Å². The average Bonchev–Trinajstić information content (AvgIpc) is 2.52. The molecule has 0 aromatic heterocycles. The zero-order valence-electron chi connectivity index (χ0n) is 14.3. The summed E-state index contributed by atoms with van der Waals surface area (Å²) in [6, 6.07) is 6.00. The molecule has 0 saturated carbocycles. The highest BCUT2D eigenvalue weighted by atomic mass is 32.2. The maximum Gasteiger partial charge on any atom is 0.241 e. The monoisotopic (exact) mass is 340 g/mol. The van der Waals surface area contributed by atoms with Crippen LogP contribution in [0.4, 0.5) is 0 Å². The summed E-state index contributed by atoms with van der Waals surface area (Å²) in [6.07, 6.45) is 4.96. The van der Waals surface area contributed by atoms with Gasteiger partial charge in [0.1, 0.15) is 0 Å². The summed E-state index contributed by atoms with van der Waals surface area (Å²) in [7, 11) is -3.68. The minimum absolute atomic E-state index is 0.183. The summed E-state index contributed by atoms with van der Waals surface area (Å²) in [6.45, 7) is 6.29. The Balaban J connectivity index is 2.60. The van der Waals surface area contributed by atoms with Crippen molar-refractivity contribution >= 4 is 15.9 Å². The lowest BCUT2D eigenvalue weighted by Crippen LogP contribution is -2.44. The molecule has 5 nitrogen and oxygen atoms in total. The molecular weight excluding hydrogens is 312 g/mol. The summed E-state index contributed by atoms with van der Waals surface area (Å²) in [5, 5.41) is 2.75. The molecule has 0 saturated heterocycles. The minimum Gasteiger partial charge on any atom is -0.355 e. The quantitative estimate of drug-likeness (QED) is 0.643. The van der Waals surface area contributed by atoms with E-state index in [2.05, 4.69) is 23.9 Å². The van der Waals surface area contributed by atoms with Gasteiger partial charge in [-0.05, 0) is 37.5 Å². The first-order valence-corrected chi connectivity index (χ1v) is 9.78. The van der Waals surface area contributed by atoms with Gasteiger partial charge in [0.25, 0.3) is 0 Å².